The lowest BCUT2D eigenvalue weighted by atomic mass is 10.2. The van der Waals surface area contributed by atoms with Crippen molar-refractivity contribution in [2.75, 3.05) is 26.5 Å². The summed E-state index contributed by atoms with van der Waals surface area (Å²) < 4.78 is 17.8. The Hall–Kier alpha value is -0.580. The second-order valence-corrected chi connectivity index (χ2v) is 4.98. The minimum atomic E-state index is -0.181. The molecule has 0 saturated heterocycles. The Labute approximate surface area is 107 Å². The molecule has 0 radical (unpaired) electrons. The fraction of sp³-hybridized carbons (Fsp3) is 0.538. The molecule has 0 aromatic heterocycles. The van der Waals surface area contributed by atoms with Crippen molar-refractivity contribution in [3.63, 3.8) is 0 Å². The van der Waals surface area contributed by atoms with E-state index in [9.17, 15) is 4.39 Å². The zero-order valence-corrected chi connectivity index (χ0v) is 11.2. The van der Waals surface area contributed by atoms with Crippen molar-refractivity contribution in [3.05, 3.63) is 30.1 Å². The van der Waals surface area contributed by atoms with Gasteiger partial charge in [-0.05, 0) is 44.2 Å². The second kappa shape index (κ2) is 8.50. The zero-order chi connectivity index (χ0) is 12.5. The summed E-state index contributed by atoms with van der Waals surface area (Å²) >= 11 is 1.75. The summed E-state index contributed by atoms with van der Waals surface area (Å²) in [5.41, 5.74) is 0. The van der Waals surface area contributed by atoms with Gasteiger partial charge in [-0.3, -0.25) is 0 Å². The van der Waals surface area contributed by atoms with Crippen molar-refractivity contribution in [1.82, 2.24) is 5.32 Å². The number of halogens is 1. The Morgan fingerprint density at radius 3 is 2.65 bits per heavy atom. The molecule has 4 heteroatoms. The molecule has 0 amide bonds. The molecule has 0 aliphatic heterocycles. The van der Waals surface area contributed by atoms with E-state index < -0.39 is 0 Å². The normalized spacial score (nSPS) is 12.6. The molecule has 0 fully saturated rings. The molecule has 0 aliphatic carbocycles. The highest BCUT2D eigenvalue weighted by Crippen LogP contribution is 2.20. The minimum absolute atomic E-state index is 0.181. The van der Waals surface area contributed by atoms with Crippen LogP contribution in [0.15, 0.2) is 29.2 Å². The standard InChI is InChI=1S/C13H20FNOS/c1-15-12(4-3-9-16-2)10-17-13-7-5-11(14)6-8-13/h5-8,12,15H,3-4,9-10H2,1-2H3. The molecule has 96 valence electrons. The van der Waals surface area contributed by atoms with E-state index in [0.29, 0.717) is 6.04 Å². The van der Waals surface area contributed by atoms with Crippen LogP contribution in [0.5, 0.6) is 0 Å². The van der Waals surface area contributed by atoms with E-state index in [1.807, 2.05) is 19.2 Å². The second-order valence-electron chi connectivity index (χ2n) is 3.89. The van der Waals surface area contributed by atoms with Crippen LogP contribution in [0, 0.1) is 5.82 Å². The molecule has 0 spiro atoms. The first-order valence-electron chi connectivity index (χ1n) is 5.81. The number of nitrogens with one attached hydrogen (secondary N) is 1. The monoisotopic (exact) mass is 257 g/mol. The van der Waals surface area contributed by atoms with Gasteiger partial charge < -0.3 is 10.1 Å². The van der Waals surface area contributed by atoms with Crippen molar-refractivity contribution in [2.45, 2.75) is 23.8 Å². The van der Waals surface area contributed by atoms with Gasteiger partial charge in [-0.15, -0.1) is 11.8 Å². The van der Waals surface area contributed by atoms with Gasteiger partial charge in [0.1, 0.15) is 5.82 Å². The quantitative estimate of drug-likeness (QED) is 0.571. The Kier molecular flexibility index (Phi) is 7.24. The Balaban J connectivity index is 2.29. The molecule has 1 unspecified atom stereocenters. The first-order valence-corrected chi connectivity index (χ1v) is 6.79. The van der Waals surface area contributed by atoms with Gasteiger partial charge in [0.25, 0.3) is 0 Å². The van der Waals surface area contributed by atoms with Crippen LogP contribution in [0.2, 0.25) is 0 Å². The van der Waals surface area contributed by atoms with Crippen LogP contribution in [0.25, 0.3) is 0 Å². The summed E-state index contributed by atoms with van der Waals surface area (Å²) in [6.45, 7) is 0.805. The summed E-state index contributed by atoms with van der Waals surface area (Å²) in [5.74, 6) is 0.811. The van der Waals surface area contributed by atoms with Crippen molar-refractivity contribution < 1.29 is 9.13 Å². The fourth-order valence-electron chi connectivity index (χ4n) is 1.51. The smallest absolute Gasteiger partial charge is 0.123 e. The van der Waals surface area contributed by atoms with Gasteiger partial charge in [0.05, 0.1) is 0 Å². The van der Waals surface area contributed by atoms with Gasteiger partial charge in [-0.2, -0.15) is 0 Å². The van der Waals surface area contributed by atoms with Crippen LogP contribution in [0.1, 0.15) is 12.8 Å². The van der Waals surface area contributed by atoms with E-state index in [4.69, 9.17) is 4.74 Å². The zero-order valence-electron chi connectivity index (χ0n) is 10.4. The highest BCUT2D eigenvalue weighted by molar-refractivity contribution is 7.99. The van der Waals surface area contributed by atoms with Crippen LogP contribution in [-0.2, 0) is 4.74 Å². The predicted molar refractivity (Wildman–Crippen MR) is 71.1 cm³/mol. The van der Waals surface area contributed by atoms with Gasteiger partial charge in [-0.25, -0.2) is 4.39 Å². The molecule has 0 bridgehead atoms. The van der Waals surface area contributed by atoms with Crippen molar-refractivity contribution in [3.8, 4) is 0 Å². The maximum atomic E-state index is 12.7. The highest BCUT2D eigenvalue weighted by Gasteiger charge is 2.06. The molecule has 1 aromatic rings. The SMILES string of the molecule is CNC(CCCOC)CSc1ccc(F)cc1. The van der Waals surface area contributed by atoms with E-state index in [1.54, 1.807) is 18.9 Å². The van der Waals surface area contributed by atoms with E-state index in [1.165, 1.54) is 12.1 Å². The van der Waals surface area contributed by atoms with Gasteiger partial charge in [0.15, 0.2) is 0 Å². The highest BCUT2D eigenvalue weighted by atomic mass is 32.2. The molecule has 2 nitrogen and oxygen atoms in total. The van der Waals surface area contributed by atoms with E-state index in [0.717, 1.165) is 30.1 Å². The topological polar surface area (TPSA) is 21.3 Å². The number of benzene rings is 1. The van der Waals surface area contributed by atoms with Crippen LogP contribution < -0.4 is 5.32 Å². The Morgan fingerprint density at radius 1 is 1.35 bits per heavy atom. The summed E-state index contributed by atoms with van der Waals surface area (Å²) in [4.78, 5) is 1.11. The molecule has 17 heavy (non-hydrogen) atoms. The van der Waals surface area contributed by atoms with Crippen molar-refractivity contribution >= 4 is 11.8 Å². The van der Waals surface area contributed by atoms with E-state index in [-0.39, 0.29) is 5.82 Å². The van der Waals surface area contributed by atoms with Crippen molar-refractivity contribution in [2.24, 2.45) is 0 Å². The lowest BCUT2D eigenvalue weighted by molar-refractivity contribution is 0.190. The third-order valence-corrected chi connectivity index (χ3v) is 3.75. The Bertz CT molecular complexity index is 305. The van der Waals surface area contributed by atoms with Crippen LogP contribution in [0.4, 0.5) is 4.39 Å². The summed E-state index contributed by atoms with van der Waals surface area (Å²) in [6.07, 6.45) is 2.16. The molecule has 0 saturated carbocycles. The molecule has 1 N–H and O–H groups in total. The lowest BCUT2D eigenvalue weighted by Crippen LogP contribution is -2.27. The number of rotatable bonds is 8. The lowest BCUT2D eigenvalue weighted by Gasteiger charge is -2.15. The van der Waals surface area contributed by atoms with Gasteiger partial charge in [0.2, 0.25) is 0 Å². The predicted octanol–water partition coefficient (Wildman–Crippen LogP) is 2.93. The summed E-state index contributed by atoms with van der Waals surface area (Å²) in [6, 6.07) is 7.12. The molecular weight excluding hydrogens is 237 g/mol. The minimum Gasteiger partial charge on any atom is -0.385 e. The number of hydrogen-bond acceptors (Lipinski definition) is 3. The van der Waals surface area contributed by atoms with Gasteiger partial charge >= 0.3 is 0 Å². The third kappa shape index (κ3) is 6.05. The number of ether oxygens (including phenoxy) is 1. The molecule has 1 rings (SSSR count). The average Bonchev–Trinajstić information content (AvgIpc) is 2.35. The van der Waals surface area contributed by atoms with Crippen molar-refractivity contribution in [1.29, 1.82) is 0 Å². The summed E-state index contributed by atoms with van der Waals surface area (Å²) in [7, 11) is 3.70. The number of methoxy groups -OCH3 is 1. The third-order valence-electron chi connectivity index (χ3n) is 2.57. The van der Waals surface area contributed by atoms with E-state index >= 15 is 0 Å². The Morgan fingerprint density at radius 2 is 2.06 bits per heavy atom. The van der Waals surface area contributed by atoms with Crippen LogP contribution >= 0.6 is 11.8 Å². The molecule has 0 heterocycles. The number of thioether (sulfide) groups is 1. The summed E-state index contributed by atoms with van der Waals surface area (Å²) in [5, 5.41) is 3.29. The van der Waals surface area contributed by atoms with Crippen LogP contribution in [0.3, 0.4) is 0 Å². The first-order chi connectivity index (χ1) is 8.26. The fourth-order valence-corrected chi connectivity index (χ4v) is 2.57. The van der Waals surface area contributed by atoms with E-state index in [2.05, 4.69) is 5.32 Å². The number of hydrogen-bond donors (Lipinski definition) is 1. The maximum absolute atomic E-state index is 12.7. The first kappa shape index (κ1) is 14.5. The van der Waals surface area contributed by atoms with Gasteiger partial charge in [0, 0.05) is 30.4 Å². The average molecular weight is 257 g/mol. The molecule has 1 atom stereocenters. The molecule has 0 aliphatic rings. The molecular formula is C13H20FNOS. The maximum Gasteiger partial charge on any atom is 0.123 e. The van der Waals surface area contributed by atoms with Crippen LogP contribution in [-0.4, -0.2) is 32.6 Å². The largest absolute Gasteiger partial charge is 0.385 e. The van der Waals surface area contributed by atoms with Gasteiger partial charge in [-0.1, -0.05) is 0 Å². The molecule has 1 aromatic carbocycles.